The van der Waals surface area contributed by atoms with Gasteiger partial charge in [-0.3, -0.25) is 4.79 Å². The molecule has 0 aromatic rings. The van der Waals surface area contributed by atoms with Gasteiger partial charge in [0.15, 0.2) is 0 Å². The van der Waals surface area contributed by atoms with Crippen molar-refractivity contribution in [3.8, 4) is 0 Å². The number of ether oxygens (including phenoxy) is 2. The fraction of sp³-hybridized carbons (Fsp3) is 0.952. The Morgan fingerprint density at radius 1 is 0.875 bits per heavy atom. The number of hydrogen-bond donors (Lipinski definition) is 0. The minimum atomic E-state index is -0.479. The Morgan fingerprint density at radius 3 is 1.67 bits per heavy atom. The van der Waals surface area contributed by atoms with Crippen molar-refractivity contribution in [3.63, 3.8) is 0 Å². The van der Waals surface area contributed by atoms with Crippen LogP contribution >= 0.6 is 0 Å². The van der Waals surface area contributed by atoms with Crippen LogP contribution in [0.2, 0.25) is 0 Å². The summed E-state index contributed by atoms with van der Waals surface area (Å²) in [4.78, 5) is 13.0. The summed E-state index contributed by atoms with van der Waals surface area (Å²) in [5.74, 6) is -0.243. The summed E-state index contributed by atoms with van der Waals surface area (Å²) < 4.78 is 11.8. The zero-order chi connectivity index (χ0) is 19.3. The van der Waals surface area contributed by atoms with Crippen LogP contribution in [-0.2, 0) is 14.3 Å². The Hall–Kier alpha value is -0.570. The number of rotatable bonds is 8. The first-order valence-electron chi connectivity index (χ1n) is 9.43. The van der Waals surface area contributed by atoms with E-state index in [1.807, 2.05) is 13.8 Å². The van der Waals surface area contributed by atoms with E-state index in [0.717, 1.165) is 12.8 Å². The van der Waals surface area contributed by atoms with Gasteiger partial charge < -0.3 is 9.47 Å². The molecule has 0 aromatic heterocycles. The van der Waals surface area contributed by atoms with Gasteiger partial charge in [0.05, 0.1) is 12.0 Å². The predicted octanol–water partition coefficient (Wildman–Crippen LogP) is 6.21. The number of hydrogen-bond acceptors (Lipinski definition) is 3. The van der Waals surface area contributed by atoms with Crippen molar-refractivity contribution < 1.29 is 14.3 Å². The molecule has 0 aliphatic carbocycles. The van der Waals surface area contributed by atoms with Crippen LogP contribution in [0.5, 0.6) is 0 Å². The van der Waals surface area contributed by atoms with Crippen molar-refractivity contribution in [1.29, 1.82) is 0 Å². The molecule has 2 unspecified atom stereocenters. The molecule has 0 amide bonds. The molecule has 0 heterocycles. The van der Waals surface area contributed by atoms with Crippen LogP contribution in [0.25, 0.3) is 0 Å². The standard InChI is InChI=1S/C21H42O3/c1-12-21(10,11)16(13-19(4,5)6)18(22)24-17(23-15(2)3)14-20(7,8)9/h15-17H,12-14H2,1-11H3. The van der Waals surface area contributed by atoms with Crippen molar-refractivity contribution in [2.45, 2.75) is 108 Å². The lowest BCUT2D eigenvalue weighted by molar-refractivity contribution is -0.201. The molecule has 144 valence electrons. The molecule has 0 rings (SSSR count). The highest BCUT2D eigenvalue weighted by molar-refractivity contribution is 5.73. The van der Waals surface area contributed by atoms with Crippen LogP contribution in [0.1, 0.15) is 95.4 Å². The average molecular weight is 343 g/mol. The summed E-state index contributed by atoms with van der Waals surface area (Å²) in [6.45, 7) is 23.4. The van der Waals surface area contributed by atoms with Crippen molar-refractivity contribution >= 4 is 5.97 Å². The molecule has 0 N–H and O–H groups in total. The lowest BCUT2D eigenvalue weighted by Gasteiger charge is -2.37. The molecule has 3 nitrogen and oxygen atoms in total. The smallest absolute Gasteiger partial charge is 0.311 e. The highest BCUT2D eigenvalue weighted by Gasteiger charge is 2.39. The molecule has 24 heavy (non-hydrogen) atoms. The fourth-order valence-electron chi connectivity index (χ4n) is 2.67. The van der Waals surface area contributed by atoms with Gasteiger partial charge in [0.1, 0.15) is 0 Å². The lowest BCUT2D eigenvalue weighted by atomic mass is 9.70. The average Bonchev–Trinajstić information content (AvgIpc) is 2.31. The van der Waals surface area contributed by atoms with E-state index in [4.69, 9.17) is 9.47 Å². The van der Waals surface area contributed by atoms with Gasteiger partial charge in [0.2, 0.25) is 6.29 Å². The van der Waals surface area contributed by atoms with E-state index in [9.17, 15) is 4.79 Å². The molecule has 0 spiro atoms. The Bertz CT molecular complexity index is 383. The second-order valence-corrected chi connectivity index (χ2v) is 10.5. The van der Waals surface area contributed by atoms with Crippen LogP contribution in [0.4, 0.5) is 0 Å². The SMILES string of the molecule is CCC(C)(C)C(CC(C)(C)C)C(=O)OC(CC(C)(C)C)OC(C)C. The summed E-state index contributed by atoms with van der Waals surface area (Å²) >= 11 is 0. The van der Waals surface area contributed by atoms with Gasteiger partial charge in [-0.15, -0.1) is 0 Å². The van der Waals surface area contributed by atoms with Crippen LogP contribution in [-0.4, -0.2) is 18.4 Å². The second-order valence-electron chi connectivity index (χ2n) is 10.5. The van der Waals surface area contributed by atoms with Crippen LogP contribution in [0, 0.1) is 22.2 Å². The molecule has 0 radical (unpaired) electrons. The van der Waals surface area contributed by atoms with E-state index >= 15 is 0 Å². The molecule has 0 saturated carbocycles. The normalized spacial score (nSPS) is 16.2. The summed E-state index contributed by atoms with van der Waals surface area (Å²) in [7, 11) is 0. The van der Waals surface area contributed by atoms with E-state index in [1.54, 1.807) is 0 Å². The van der Waals surface area contributed by atoms with Crippen molar-refractivity contribution in [2.75, 3.05) is 0 Å². The maximum atomic E-state index is 13.0. The first-order chi connectivity index (χ1) is 10.6. The molecular formula is C21H42O3. The number of carbonyl (C=O) groups is 1. The molecule has 0 fully saturated rings. The Morgan fingerprint density at radius 2 is 1.33 bits per heavy atom. The number of carbonyl (C=O) groups excluding carboxylic acids is 1. The van der Waals surface area contributed by atoms with Gasteiger partial charge in [-0.05, 0) is 36.5 Å². The zero-order valence-electron chi connectivity index (χ0n) is 18.1. The Labute approximate surface area is 150 Å². The summed E-state index contributed by atoms with van der Waals surface area (Å²) in [6, 6.07) is 0. The minimum Gasteiger partial charge on any atom is -0.435 e. The third-order valence-corrected chi connectivity index (χ3v) is 4.41. The first kappa shape index (κ1) is 23.4. The highest BCUT2D eigenvalue weighted by Crippen LogP contribution is 2.40. The van der Waals surface area contributed by atoms with E-state index in [0.29, 0.717) is 6.42 Å². The molecule has 0 saturated heterocycles. The van der Waals surface area contributed by atoms with Gasteiger partial charge in [-0.2, -0.15) is 0 Å². The Kier molecular flexibility index (Phi) is 8.48. The van der Waals surface area contributed by atoms with Crippen molar-refractivity contribution in [1.82, 2.24) is 0 Å². The minimum absolute atomic E-state index is 0.0328. The molecule has 0 bridgehead atoms. The topological polar surface area (TPSA) is 35.5 Å². The first-order valence-corrected chi connectivity index (χ1v) is 9.43. The van der Waals surface area contributed by atoms with E-state index in [2.05, 4.69) is 62.3 Å². The second kappa shape index (κ2) is 8.69. The van der Waals surface area contributed by atoms with Gasteiger partial charge in [0, 0.05) is 6.42 Å². The number of esters is 1. The van der Waals surface area contributed by atoms with E-state index in [1.165, 1.54) is 0 Å². The molecule has 2 atom stereocenters. The molecule has 3 heteroatoms. The maximum Gasteiger partial charge on any atom is 0.311 e. The molecular weight excluding hydrogens is 300 g/mol. The van der Waals surface area contributed by atoms with Crippen LogP contribution < -0.4 is 0 Å². The monoisotopic (exact) mass is 342 g/mol. The molecule has 0 aliphatic heterocycles. The summed E-state index contributed by atoms with van der Waals surface area (Å²) in [5.41, 5.74) is 0.0304. The third kappa shape index (κ3) is 9.66. The summed E-state index contributed by atoms with van der Waals surface area (Å²) in [5, 5.41) is 0. The quantitative estimate of drug-likeness (QED) is 0.389. The largest absolute Gasteiger partial charge is 0.435 e. The van der Waals surface area contributed by atoms with Crippen molar-refractivity contribution in [3.05, 3.63) is 0 Å². The van der Waals surface area contributed by atoms with Gasteiger partial charge in [-0.1, -0.05) is 68.7 Å². The predicted molar refractivity (Wildman–Crippen MR) is 102 cm³/mol. The van der Waals surface area contributed by atoms with E-state index in [-0.39, 0.29) is 34.2 Å². The van der Waals surface area contributed by atoms with Crippen molar-refractivity contribution in [2.24, 2.45) is 22.2 Å². The van der Waals surface area contributed by atoms with Gasteiger partial charge >= 0.3 is 5.97 Å². The highest BCUT2D eigenvalue weighted by atomic mass is 16.7. The summed E-state index contributed by atoms with van der Waals surface area (Å²) in [6.07, 6.45) is 2.01. The zero-order valence-corrected chi connectivity index (χ0v) is 18.1. The van der Waals surface area contributed by atoms with Gasteiger partial charge in [-0.25, -0.2) is 0 Å². The van der Waals surface area contributed by atoms with Gasteiger partial charge in [0.25, 0.3) is 0 Å². The molecule has 0 aromatic carbocycles. The third-order valence-electron chi connectivity index (χ3n) is 4.41. The maximum absolute atomic E-state index is 13.0. The lowest BCUT2D eigenvalue weighted by Crippen LogP contribution is -2.38. The van der Waals surface area contributed by atoms with E-state index < -0.39 is 6.29 Å². The van der Waals surface area contributed by atoms with Crippen LogP contribution in [0.3, 0.4) is 0 Å². The van der Waals surface area contributed by atoms with Crippen LogP contribution in [0.15, 0.2) is 0 Å². The fourth-order valence-corrected chi connectivity index (χ4v) is 2.67. The molecule has 0 aliphatic rings. The Balaban J connectivity index is 5.29.